The van der Waals surface area contributed by atoms with Gasteiger partial charge in [0.05, 0.1) is 17.6 Å². The summed E-state index contributed by atoms with van der Waals surface area (Å²) in [5, 5.41) is 4.67. The first-order valence-corrected chi connectivity index (χ1v) is 11.1. The van der Waals surface area contributed by atoms with Gasteiger partial charge in [-0.25, -0.2) is 9.50 Å². The molecule has 0 atom stereocenters. The first-order chi connectivity index (χ1) is 15.1. The SMILES string of the molecule is Cc1cnccc1-c1c(C)nc(N2CCC3(CC2)Cc2cccnc2C3)c2ccnn12. The molecule has 4 aromatic rings. The standard InChI is InChI=1S/C25H26N6/c1-17-16-26-10-5-20(17)23-18(2)29-24(22-6-11-28-31(22)23)30-12-7-25(8-13-30)14-19-4-3-9-27-21(19)15-25/h3-6,9-11,16H,7-8,12-15H2,1-2H3. The van der Waals surface area contributed by atoms with Crippen molar-refractivity contribution in [1.82, 2.24) is 24.6 Å². The molecule has 1 aliphatic carbocycles. The van der Waals surface area contributed by atoms with Crippen molar-refractivity contribution < 1.29 is 0 Å². The second kappa shape index (κ2) is 6.87. The number of nitrogens with zero attached hydrogens (tertiary/aromatic N) is 6. The largest absolute Gasteiger partial charge is 0.355 e. The van der Waals surface area contributed by atoms with Crippen LogP contribution < -0.4 is 4.90 Å². The van der Waals surface area contributed by atoms with Gasteiger partial charge in [-0.05, 0) is 74.3 Å². The highest BCUT2D eigenvalue weighted by Crippen LogP contribution is 2.45. The number of hydrogen-bond acceptors (Lipinski definition) is 5. The van der Waals surface area contributed by atoms with Crippen LogP contribution in [0.15, 0.2) is 49.1 Å². The Labute approximate surface area is 182 Å². The number of aromatic nitrogens is 5. The maximum Gasteiger partial charge on any atom is 0.155 e. The van der Waals surface area contributed by atoms with Crippen LogP contribution in [0.1, 0.15) is 35.4 Å². The molecule has 156 valence electrons. The van der Waals surface area contributed by atoms with Crippen molar-refractivity contribution in [2.45, 2.75) is 39.5 Å². The van der Waals surface area contributed by atoms with Crippen molar-refractivity contribution >= 4 is 11.3 Å². The molecular weight excluding hydrogens is 384 g/mol. The number of pyridine rings is 2. The van der Waals surface area contributed by atoms with Crippen molar-refractivity contribution in [3.8, 4) is 11.3 Å². The average molecular weight is 411 g/mol. The molecule has 6 rings (SSSR count). The van der Waals surface area contributed by atoms with E-state index in [1.807, 2.05) is 24.8 Å². The Morgan fingerprint density at radius 3 is 2.65 bits per heavy atom. The first-order valence-electron chi connectivity index (χ1n) is 11.1. The van der Waals surface area contributed by atoms with Crippen LogP contribution in [-0.4, -0.2) is 37.7 Å². The normalized spacial score (nSPS) is 17.4. The third-order valence-electron chi connectivity index (χ3n) is 7.19. The highest BCUT2D eigenvalue weighted by Gasteiger charge is 2.41. The molecule has 0 unspecified atom stereocenters. The van der Waals surface area contributed by atoms with Crippen molar-refractivity contribution in [2.24, 2.45) is 5.41 Å². The van der Waals surface area contributed by atoms with Gasteiger partial charge in [0, 0.05) is 42.9 Å². The molecule has 0 aromatic carbocycles. The molecule has 0 saturated carbocycles. The maximum atomic E-state index is 5.10. The van der Waals surface area contributed by atoms with Crippen LogP contribution >= 0.6 is 0 Å². The van der Waals surface area contributed by atoms with Gasteiger partial charge in [0.25, 0.3) is 0 Å². The monoisotopic (exact) mass is 410 g/mol. The number of anilines is 1. The predicted octanol–water partition coefficient (Wildman–Crippen LogP) is 4.19. The molecule has 5 heterocycles. The number of piperidine rings is 1. The summed E-state index contributed by atoms with van der Waals surface area (Å²) in [6.07, 6.45) is 12.2. The Morgan fingerprint density at radius 1 is 0.968 bits per heavy atom. The van der Waals surface area contributed by atoms with Crippen LogP contribution in [-0.2, 0) is 12.8 Å². The van der Waals surface area contributed by atoms with Gasteiger partial charge in [0.15, 0.2) is 5.82 Å². The van der Waals surface area contributed by atoms with E-state index < -0.39 is 0 Å². The molecule has 31 heavy (non-hydrogen) atoms. The van der Waals surface area contributed by atoms with E-state index in [1.165, 1.54) is 30.5 Å². The lowest BCUT2D eigenvalue weighted by Gasteiger charge is -2.40. The molecule has 0 amide bonds. The molecule has 6 heteroatoms. The quantitative estimate of drug-likeness (QED) is 0.496. The Morgan fingerprint density at radius 2 is 1.84 bits per heavy atom. The molecule has 0 N–H and O–H groups in total. The van der Waals surface area contributed by atoms with E-state index in [-0.39, 0.29) is 0 Å². The molecular formula is C25H26N6. The fourth-order valence-corrected chi connectivity index (χ4v) is 5.51. The summed E-state index contributed by atoms with van der Waals surface area (Å²) in [7, 11) is 0. The molecule has 6 nitrogen and oxygen atoms in total. The third kappa shape index (κ3) is 2.92. The van der Waals surface area contributed by atoms with Crippen LogP contribution in [0.25, 0.3) is 16.8 Å². The third-order valence-corrected chi connectivity index (χ3v) is 7.19. The number of hydrogen-bond donors (Lipinski definition) is 0. The second-order valence-corrected chi connectivity index (χ2v) is 9.14. The minimum atomic E-state index is 0.368. The summed E-state index contributed by atoms with van der Waals surface area (Å²) >= 11 is 0. The zero-order valence-corrected chi connectivity index (χ0v) is 18.0. The molecule has 0 radical (unpaired) electrons. The molecule has 2 aliphatic rings. The van der Waals surface area contributed by atoms with E-state index in [0.29, 0.717) is 5.41 Å². The lowest BCUT2D eigenvalue weighted by molar-refractivity contribution is 0.231. The topological polar surface area (TPSA) is 59.2 Å². The molecule has 0 bridgehead atoms. The van der Waals surface area contributed by atoms with Gasteiger partial charge in [-0.3, -0.25) is 9.97 Å². The summed E-state index contributed by atoms with van der Waals surface area (Å²) in [6, 6.07) is 8.46. The summed E-state index contributed by atoms with van der Waals surface area (Å²) in [5.41, 5.74) is 8.50. The van der Waals surface area contributed by atoms with Gasteiger partial charge in [-0.1, -0.05) is 6.07 Å². The zero-order chi connectivity index (χ0) is 21.0. The first kappa shape index (κ1) is 18.5. The van der Waals surface area contributed by atoms with E-state index in [2.05, 4.69) is 62.6 Å². The minimum absolute atomic E-state index is 0.368. The number of aryl methyl sites for hydroxylation is 2. The van der Waals surface area contributed by atoms with Crippen molar-refractivity contribution in [3.05, 3.63) is 71.6 Å². The van der Waals surface area contributed by atoms with Gasteiger partial charge < -0.3 is 4.90 Å². The Bertz CT molecular complexity index is 1260. The highest BCUT2D eigenvalue weighted by molar-refractivity contribution is 5.76. The van der Waals surface area contributed by atoms with Crippen LogP contribution in [0.3, 0.4) is 0 Å². The van der Waals surface area contributed by atoms with Gasteiger partial charge in [0.1, 0.15) is 5.52 Å². The fraction of sp³-hybridized carbons (Fsp3) is 0.360. The van der Waals surface area contributed by atoms with Crippen LogP contribution in [0.4, 0.5) is 5.82 Å². The Balaban J connectivity index is 1.33. The summed E-state index contributed by atoms with van der Waals surface area (Å²) < 4.78 is 2.06. The van der Waals surface area contributed by atoms with E-state index in [1.54, 1.807) is 0 Å². The van der Waals surface area contributed by atoms with E-state index in [9.17, 15) is 0 Å². The molecule has 1 saturated heterocycles. The minimum Gasteiger partial charge on any atom is -0.355 e. The highest BCUT2D eigenvalue weighted by atomic mass is 15.3. The van der Waals surface area contributed by atoms with Gasteiger partial charge in [-0.15, -0.1) is 0 Å². The van der Waals surface area contributed by atoms with Crippen LogP contribution in [0.2, 0.25) is 0 Å². The number of fused-ring (bicyclic) bond motifs is 2. The zero-order valence-electron chi connectivity index (χ0n) is 18.0. The van der Waals surface area contributed by atoms with E-state index in [0.717, 1.165) is 53.4 Å². The lowest BCUT2D eigenvalue weighted by atomic mass is 9.76. The fourth-order valence-electron chi connectivity index (χ4n) is 5.51. The van der Waals surface area contributed by atoms with E-state index in [4.69, 9.17) is 4.98 Å². The Hall–Kier alpha value is -3.28. The smallest absolute Gasteiger partial charge is 0.155 e. The lowest BCUT2D eigenvalue weighted by Crippen LogP contribution is -2.41. The van der Waals surface area contributed by atoms with Gasteiger partial charge >= 0.3 is 0 Å². The summed E-state index contributed by atoms with van der Waals surface area (Å²) in [4.78, 5) is 16.4. The van der Waals surface area contributed by atoms with Gasteiger partial charge in [0.2, 0.25) is 0 Å². The van der Waals surface area contributed by atoms with E-state index >= 15 is 0 Å². The van der Waals surface area contributed by atoms with Gasteiger partial charge in [-0.2, -0.15) is 5.10 Å². The summed E-state index contributed by atoms with van der Waals surface area (Å²) in [5.74, 6) is 1.05. The number of rotatable bonds is 2. The molecule has 1 spiro atoms. The summed E-state index contributed by atoms with van der Waals surface area (Å²) in [6.45, 7) is 6.22. The Kier molecular flexibility index (Phi) is 4.10. The van der Waals surface area contributed by atoms with Crippen LogP contribution in [0, 0.1) is 19.3 Å². The maximum absolute atomic E-state index is 5.10. The second-order valence-electron chi connectivity index (χ2n) is 9.14. The molecule has 1 aliphatic heterocycles. The van der Waals surface area contributed by atoms with Crippen molar-refractivity contribution in [3.63, 3.8) is 0 Å². The van der Waals surface area contributed by atoms with Crippen LogP contribution in [0.5, 0.6) is 0 Å². The predicted molar refractivity (Wildman–Crippen MR) is 121 cm³/mol. The van der Waals surface area contributed by atoms with Crippen molar-refractivity contribution in [2.75, 3.05) is 18.0 Å². The molecule has 4 aromatic heterocycles. The molecule has 1 fully saturated rings. The van der Waals surface area contributed by atoms with Crippen molar-refractivity contribution in [1.29, 1.82) is 0 Å². The average Bonchev–Trinajstić information content (AvgIpc) is 3.39.